The first-order chi connectivity index (χ1) is 7.59. The number of fused-ring (bicyclic) bond motifs is 1. The molecule has 2 rings (SSSR count). The van der Waals surface area contributed by atoms with Crippen LogP contribution in [-0.4, -0.2) is 10.2 Å². The second kappa shape index (κ2) is 4.84. The molecule has 0 saturated carbocycles. The van der Waals surface area contributed by atoms with Gasteiger partial charge >= 0.3 is 0 Å². The van der Waals surface area contributed by atoms with Crippen molar-refractivity contribution in [2.75, 3.05) is 0 Å². The lowest BCUT2D eigenvalue weighted by molar-refractivity contribution is -0.645. The van der Waals surface area contributed by atoms with Gasteiger partial charge in [0.05, 0.1) is 5.39 Å². The average molecular weight is 220 g/mol. The second-order valence-corrected chi connectivity index (χ2v) is 3.50. The maximum atomic E-state index is 9.66. The number of benzene rings is 1. The van der Waals surface area contributed by atoms with Crippen LogP contribution in [0.3, 0.4) is 0 Å². The first-order valence-corrected chi connectivity index (χ1v) is 5.40. The Balaban J connectivity index is 0.000000606. The summed E-state index contributed by atoms with van der Waals surface area (Å²) in [4.78, 5) is 0. The van der Waals surface area contributed by atoms with Gasteiger partial charge in [-0.05, 0) is 25.1 Å². The molecule has 0 radical (unpaired) electrons. The van der Waals surface area contributed by atoms with Gasteiger partial charge in [0.2, 0.25) is 5.75 Å². The number of hydrogen-bond acceptors (Lipinski definition) is 2. The first-order valence-electron chi connectivity index (χ1n) is 5.40. The van der Waals surface area contributed by atoms with Crippen LogP contribution in [0.15, 0.2) is 24.4 Å². The van der Waals surface area contributed by atoms with E-state index >= 15 is 0 Å². The third-order valence-electron chi connectivity index (χ3n) is 2.29. The summed E-state index contributed by atoms with van der Waals surface area (Å²) in [6.45, 7) is 5.99. The van der Waals surface area contributed by atoms with Crippen LogP contribution >= 0.6 is 0 Å². The summed E-state index contributed by atoms with van der Waals surface area (Å²) in [5, 5.41) is 19.9. The van der Waals surface area contributed by atoms with Crippen molar-refractivity contribution < 1.29 is 14.8 Å². The Morgan fingerprint density at radius 3 is 2.38 bits per heavy atom. The Morgan fingerprint density at radius 1 is 1.12 bits per heavy atom. The molecule has 0 aliphatic rings. The van der Waals surface area contributed by atoms with Crippen LogP contribution in [0.4, 0.5) is 0 Å². The van der Waals surface area contributed by atoms with Crippen molar-refractivity contribution in [2.45, 2.75) is 20.8 Å². The minimum atomic E-state index is -0.0862. The number of rotatable bonds is 0. The van der Waals surface area contributed by atoms with Gasteiger partial charge in [0.1, 0.15) is 7.05 Å². The highest BCUT2D eigenvalue weighted by molar-refractivity contribution is 5.84. The van der Waals surface area contributed by atoms with Gasteiger partial charge in [-0.3, -0.25) is 0 Å². The Hall–Kier alpha value is -1.77. The molecular weight excluding hydrogens is 202 g/mol. The van der Waals surface area contributed by atoms with Crippen molar-refractivity contribution in [1.29, 1.82) is 0 Å². The summed E-state index contributed by atoms with van der Waals surface area (Å²) in [6, 6.07) is 5.25. The Labute approximate surface area is 95.6 Å². The third-order valence-corrected chi connectivity index (χ3v) is 2.29. The van der Waals surface area contributed by atoms with Gasteiger partial charge in [-0.2, -0.15) is 4.57 Å². The van der Waals surface area contributed by atoms with Gasteiger partial charge in [0.25, 0.3) is 5.52 Å². The van der Waals surface area contributed by atoms with E-state index in [9.17, 15) is 10.2 Å². The van der Waals surface area contributed by atoms with E-state index in [-0.39, 0.29) is 11.5 Å². The van der Waals surface area contributed by atoms with Crippen LogP contribution in [0, 0.1) is 6.92 Å². The molecule has 16 heavy (non-hydrogen) atoms. The zero-order valence-corrected chi connectivity index (χ0v) is 10.2. The lowest BCUT2D eigenvalue weighted by Crippen LogP contribution is -2.28. The number of pyridine rings is 1. The molecule has 0 spiro atoms. The van der Waals surface area contributed by atoms with E-state index in [0.717, 1.165) is 10.9 Å². The van der Waals surface area contributed by atoms with E-state index < -0.39 is 0 Å². The molecule has 0 atom stereocenters. The molecule has 0 amide bonds. The van der Waals surface area contributed by atoms with E-state index in [0.29, 0.717) is 5.52 Å². The maximum absolute atomic E-state index is 9.66. The van der Waals surface area contributed by atoms with Crippen LogP contribution in [-0.2, 0) is 7.05 Å². The molecule has 2 aromatic rings. The van der Waals surface area contributed by atoms with E-state index in [2.05, 4.69) is 0 Å². The molecule has 1 heterocycles. The monoisotopic (exact) mass is 220 g/mol. The average Bonchev–Trinajstić information content (AvgIpc) is 2.26. The van der Waals surface area contributed by atoms with Crippen molar-refractivity contribution >= 4 is 10.9 Å². The van der Waals surface area contributed by atoms with Crippen LogP contribution in [0.25, 0.3) is 10.9 Å². The first kappa shape index (κ1) is 12.3. The van der Waals surface area contributed by atoms with E-state index in [1.165, 1.54) is 6.07 Å². The molecule has 0 unspecified atom stereocenters. The summed E-state index contributed by atoms with van der Waals surface area (Å²) in [7, 11) is 1.84. The Kier molecular flexibility index (Phi) is 3.72. The molecule has 3 nitrogen and oxygen atoms in total. The molecule has 0 saturated heterocycles. The van der Waals surface area contributed by atoms with Crippen molar-refractivity contribution in [3.63, 3.8) is 0 Å². The number of nitrogens with zero attached hydrogens (tertiary/aromatic N) is 1. The van der Waals surface area contributed by atoms with Gasteiger partial charge in [-0.1, -0.05) is 13.8 Å². The van der Waals surface area contributed by atoms with E-state index in [1.54, 1.807) is 10.6 Å². The molecular formula is C13H18NO2+. The molecule has 0 fully saturated rings. The van der Waals surface area contributed by atoms with Crippen molar-refractivity contribution in [1.82, 2.24) is 0 Å². The molecule has 0 bridgehead atoms. The molecule has 3 heteroatoms. The summed E-state index contributed by atoms with van der Waals surface area (Å²) in [6.07, 6.45) is 1.90. The fourth-order valence-electron chi connectivity index (χ4n) is 1.72. The van der Waals surface area contributed by atoms with E-state index in [1.807, 2.05) is 40.1 Å². The highest BCUT2D eigenvalue weighted by Crippen LogP contribution is 2.30. The maximum Gasteiger partial charge on any atom is 0.258 e. The van der Waals surface area contributed by atoms with Crippen molar-refractivity contribution in [2.24, 2.45) is 7.05 Å². The number of aromatic nitrogens is 1. The SMILES string of the molecule is CC.Cc1cc2ccc(O)c(O)c2[n+](C)c1. The summed E-state index contributed by atoms with van der Waals surface area (Å²) in [5.41, 5.74) is 1.76. The normalized spacial score (nSPS) is 9.75. The quantitative estimate of drug-likeness (QED) is 0.529. The smallest absolute Gasteiger partial charge is 0.258 e. The molecule has 0 aliphatic carbocycles. The molecule has 0 aliphatic heterocycles. The van der Waals surface area contributed by atoms with Crippen LogP contribution in [0.2, 0.25) is 0 Å². The van der Waals surface area contributed by atoms with Crippen LogP contribution in [0.5, 0.6) is 11.5 Å². The zero-order valence-electron chi connectivity index (χ0n) is 10.2. The van der Waals surface area contributed by atoms with E-state index in [4.69, 9.17) is 0 Å². The summed E-state index contributed by atoms with van der Waals surface area (Å²) in [5.74, 6) is -0.151. The predicted octanol–water partition coefficient (Wildman–Crippen LogP) is 2.41. The lowest BCUT2D eigenvalue weighted by atomic mass is 10.1. The lowest BCUT2D eigenvalue weighted by Gasteiger charge is -2.02. The number of hydrogen-bond donors (Lipinski definition) is 2. The second-order valence-electron chi connectivity index (χ2n) is 3.50. The fourth-order valence-corrected chi connectivity index (χ4v) is 1.72. The number of aromatic hydroxyl groups is 2. The fraction of sp³-hybridized carbons (Fsp3) is 0.308. The molecule has 86 valence electrons. The Bertz CT molecular complexity index is 507. The summed E-state index contributed by atoms with van der Waals surface area (Å²) < 4.78 is 1.81. The zero-order chi connectivity index (χ0) is 12.3. The minimum Gasteiger partial charge on any atom is -0.504 e. The number of phenolic OH excluding ortho intramolecular Hbond substituents is 2. The van der Waals surface area contributed by atoms with Gasteiger partial charge in [-0.15, -0.1) is 0 Å². The predicted molar refractivity (Wildman–Crippen MR) is 64.5 cm³/mol. The van der Waals surface area contributed by atoms with Gasteiger partial charge in [0, 0.05) is 5.56 Å². The largest absolute Gasteiger partial charge is 0.504 e. The molecule has 1 aromatic carbocycles. The van der Waals surface area contributed by atoms with Gasteiger partial charge in [0.15, 0.2) is 11.9 Å². The van der Waals surface area contributed by atoms with Crippen molar-refractivity contribution in [3.8, 4) is 11.5 Å². The van der Waals surface area contributed by atoms with Gasteiger partial charge < -0.3 is 10.2 Å². The highest BCUT2D eigenvalue weighted by Gasteiger charge is 2.14. The van der Waals surface area contributed by atoms with Crippen molar-refractivity contribution in [3.05, 3.63) is 30.0 Å². The van der Waals surface area contributed by atoms with Crippen LogP contribution in [0.1, 0.15) is 19.4 Å². The topological polar surface area (TPSA) is 44.3 Å². The minimum absolute atomic E-state index is 0.0648. The highest BCUT2D eigenvalue weighted by atomic mass is 16.3. The van der Waals surface area contributed by atoms with Crippen LogP contribution < -0.4 is 4.57 Å². The van der Waals surface area contributed by atoms with Gasteiger partial charge in [-0.25, -0.2) is 0 Å². The third kappa shape index (κ3) is 2.08. The standard InChI is InChI=1S/C11H11NO2.C2H6/c1-7-5-8-3-4-9(13)11(14)10(8)12(2)6-7;1-2/h3-6,14H,1-2H3;1-2H3/p+1. The number of phenols is 2. The Morgan fingerprint density at radius 2 is 1.75 bits per heavy atom. The molecule has 1 aromatic heterocycles. The molecule has 2 N–H and O–H groups in total. The summed E-state index contributed by atoms with van der Waals surface area (Å²) >= 11 is 0. The number of aryl methyl sites for hydroxylation is 2.